The smallest absolute Gasteiger partial charge is 0.0970 e. The first kappa shape index (κ1) is 12.4. The lowest BCUT2D eigenvalue weighted by Crippen LogP contribution is -2.11. The minimum Gasteiger partial charge on any atom is -0.398 e. The van der Waals surface area contributed by atoms with Gasteiger partial charge in [0.2, 0.25) is 0 Å². The van der Waals surface area contributed by atoms with E-state index in [2.05, 4.69) is 0 Å². The zero-order valence-corrected chi connectivity index (χ0v) is 9.04. The van der Waals surface area contributed by atoms with Crippen molar-refractivity contribution in [2.75, 3.05) is 5.73 Å². The summed E-state index contributed by atoms with van der Waals surface area (Å²) in [6.45, 7) is 5.85. The van der Waals surface area contributed by atoms with Crippen molar-refractivity contribution in [2.45, 2.75) is 20.8 Å². The van der Waals surface area contributed by atoms with E-state index in [1.54, 1.807) is 0 Å². The van der Waals surface area contributed by atoms with Crippen molar-refractivity contribution in [2.24, 2.45) is 11.5 Å². The Bertz CT molecular complexity index is 312. The van der Waals surface area contributed by atoms with Gasteiger partial charge in [-0.1, -0.05) is 32.0 Å². The minimum absolute atomic E-state index is 0.313. The van der Waals surface area contributed by atoms with Crippen molar-refractivity contribution in [1.82, 2.24) is 0 Å². The lowest BCUT2D eigenvalue weighted by Gasteiger charge is -2.06. The van der Waals surface area contributed by atoms with Crippen molar-refractivity contribution in [1.29, 1.82) is 0 Å². The molecular weight excluding hydrogens is 174 g/mol. The molecule has 0 saturated carbocycles. The van der Waals surface area contributed by atoms with Crippen molar-refractivity contribution in [3.63, 3.8) is 0 Å². The number of hydrogen-bond donors (Lipinski definition) is 3. The van der Waals surface area contributed by atoms with E-state index < -0.39 is 0 Å². The molecule has 0 aliphatic rings. The van der Waals surface area contributed by atoms with E-state index in [-0.39, 0.29) is 0 Å². The number of nitrogen functional groups attached to an aromatic ring is 1. The van der Waals surface area contributed by atoms with Crippen LogP contribution in [0.3, 0.4) is 0 Å². The summed E-state index contributed by atoms with van der Waals surface area (Å²) in [6.07, 6.45) is 0. The van der Waals surface area contributed by atoms with E-state index in [1.165, 1.54) is 0 Å². The van der Waals surface area contributed by atoms with Crippen LogP contribution >= 0.6 is 0 Å². The summed E-state index contributed by atoms with van der Waals surface area (Å²) in [5.74, 6) is 0.313. The van der Waals surface area contributed by atoms with Crippen LogP contribution in [0.15, 0.2) is 30.1 Å². The van der Waals surface area contributed by atoms with E-state index in [4.69, 9.17) is 17.2 Å². The lowest BCUT2D eigenvalue weighted by atomic mass is 10.1. The van der Waals surface area contributed by atoms with E-state index >= 15 is 0 Å². The summed E-state index contributed by atoms with van der Waals surface area (Å²) in [7, 11) is 0. The summed E-state index contributed by atoms with van der Waals surface area (Å²) in [5, 5.41) is 0. The van der Waals surface area contributed by atoms with Crippen LogP contribution in [0.4, 0.5) is 5.69 Å². The molecule has 3 nitrogen and oxygen atoms in total. The molecule has 1 rings (SSSR count). The average Bonchev–Trinajstić information content (AvgIpc) is 2.20. The lowest BCUT2D eigenvalue weighted by molar-refractivity contribution is 1.24. The first-order valence-electron chi connectivity index (χ1n) is 4.69. The zero-order chi connectivity index (χ0) is 11.1. The van der Waals surface area contributed by atoms with Gasteiger partial charge in [0.05, 0.1) is 5.82 Å². The maximum absolute atomic E-state index is 5.71. The van der Waals surface area contributed by atoms with Crippen LogP contribution in [0, 0.1) is 0 Å². The number of rotatable bonds is 1. The van der Waals surface area contributed by atoms with Crippen molar-refractivity contribution in [3.05, 3.63) is 35.6 Å². The molecule has 1 aromatic carbocycles. The number of hydrogen-bond acceptors (Lipinski definition) is 3. The van der Waals surface area contributed by atoms with Gasteiger partial charge in [0.1, 0.15) is 0 Å². The van der Waals surface area contributed by atoms with Gasteiger partial charge in [-0.3, -0.25) is 0 Å². The molecule has 0 aliphatic heterocycles. The van der Waals surface area contributed by atoms with Crippen molar-refractivity contribution in [3.8, 4) is 0 Å². The third kappa shape index (κ3) is 3.01. The van der Waals surface area contributed by atoms with Crippen LogP contribution in [0.25, 0.3) is 5.57 Å². The molecule has 0 spiro atoms. The fourth-order valence-corrected chi connectivity index (χ4v) is 0.994. The Morgan fingerprint density at radius 1 is 1.07 bits per heavy atom. The third-order valence-corrected chi connectivity index (χ3v) is 1.80. The molecule has 0 radical (unpaired) electrons. The Labute approximate surface area is 85.6 Å². The molecule has 3 heteroatoms. The largest absolute Gasteiger partial charge is 0.398 e. The normalized spacial score (nSPS) is 8.50. The molecule has 6 N–H and O–H groups in total. The molecule has 0 bridgehead atoms. The second kappa shape index (κ2) is 5.91. The Morgan fingerprint density at radius 3 is 2.00 bits per heavy atom. The van der Waals surface area contributed by atoms with Gasteiger partial charge in [-0.25, -0.2) is 0 Å². The molecule has 0 saturated heterocycles. The van der Waals surface area contributed by atoms with Crippen LogP contribution in [0.1, 0.15) is 26.3 Å². The predicted molar refractivity (Wildman–Crippen MR) is 63.2 cm³/mol. The van der Waals surface area contributed by atoms with Crippen molar-refractivity contribution < 1.29 is 0 Å². The zero-order valence-electron chi connectivity index (χ0n) is 9.04. The van der Waals surface area contributed by atoms with Gasteiger partial charge in [0.25, 0.3) is 0 Å². The molecule has 0 unspecified atom stereocenters. The predicted octanol–water partition coefficient (Wildman–Crippen LogP) is 1.90. The number of nitrogens with two attached hydrogens (primary N) is 3. The van der Waals surface area contributed by atoms with Gasteiger partial charge in [0.15, 0.2) is 0 Å². The first-order valence-corrected chi connectivity index (χ1v) is 4.69. The average molecular weight is 193 g/mol. The third-order valence-electron chi connectivity index (χ3n) is 1.80. The van der Waals surface area contributed by atoms with Crippen LogP contribution in [-0.4, -0.2) is 0 Å². The van der Waals surface area contributed by atoms with Gasteiger partial charge in [-0.15, -0.1) is 0 Å². The molecule has 0 aromatic heterocycles. The summed E-state index contributed by atoms with van der Waals surface area (Å²) in [4.78, 5) is 0. The Hall–Kier alpha value is -1.64. The van der Waals surface area contributed by atoms with Crippen LogP contribution in [0.5, 0.6) is 0 Å². The van der Waals surface area contributed by atoms with Crippen LogP contribution < -0.4 is 17.2 Å². The van der Waals surface area contributed by atoms with Gasteiger partial charge in [-0.05, 0) is 18.6 Å². The fraction of sp³-hybridized carbons (Fsp3) is 0.273. The van der Waals surface area contributed by atoms with E-state index in [1.807, 2.05) is 45.0 Å². The quantitative estimate of drug-likeness (QED) is 0.596. The maximum atomic E-state index is 5.71. The first-order chi connectivity index (χ1) is 6.63. The van der Waals surface area contributed by atoms with Crippen molar-refractivity contribution >= 4 is 11.3 Å². The molecule has 0 aliphatic carbocycles. The summed E-state index contributed by atoms with van der Waals surface area (Å²) in [5.41, 5.74) is 19.0. The van der Waals surface area contributed by atoms with E-state index in [0.29, 0.717) is 11.5 Å². The number of allylic oxidation sites excluding steroid dienone is 1. The molecule has 1 aromatic rings. The fourth-order valence-electron chi connectivity index (χ4n) is 0.994. The highest BCUT2D eigenvalue weighted by atomic mass is 14.8. The number of benzene rings is 1. The summed E-state index contributed by atoms with van der Waals surface area (Å²) in [6, 6.07) is 7.49. The second-order valence-corrected chi connectivity index (χ2v) is 2.67. The van der Waals surface area contributed by atoms with E-state index in [9.17, 15) is 0 Å². The maximum Gasteiger partial charge on any atom is 0.0970 e. The van der Waals surface area contributed by atoms with Gasteiger partial charge >= 0.3 is 0 Å². The van der Waals surface area contributed by atoms with Gasteiger partial charge in [0, 0.05) is 11.3 Å². The molecule has 0 fully saturated rings. The Kier molecular flexibility index (Phi) is 5.22. The standard InChI is InChI=1S/C9H13N3.C2H6/c1-6(9(11)12)7-4-2-3-5-8(7)10;1-2/h2-5H,10-12H2,1H3;1-2H3. The molecular formula is C11H19N3. The SMILES string of the molecule is CC.CC(=C(N)N)c1ccccc1N. The second-order valence-electron chi connectivity index (χ2n) is 2.67. The topological polar surface area (TPSA) is 78.1 Å². The monoisotopic (exact) mass is 193 g/mol. The van der Waals surface area contributed by atoms with E-state index in [0.717, 1.165) is 11.1 Å². The number of anilines is 1. The number of para-hydroxylation sites is 1. The highest BCUT2D eigenvalue weighted by molar-refractivity contribution is 5.74. The molecule has 14 heavy (non-hydrogen) atoms. The Morgan fingerprint density at radius 2 is 1.57 bits per heavy atom. The highest BCUT2D eigenvalue weighted by Gasteiger charge is 2.01. The molecule has 0 amide bonds. The van der Waals surface area contributed by atoms with Crippen LogP contribution in [0.2, 0.25) is 0 Å². The van der Waals surface area contributed by atoms with Gasteiger partial charge in [-0.2, -0.15) is 0 Å². The Balaban J connectivity index is 0.000000791. The highest BCUT2D eigenvalue weighted by Crippen LogP contribution is 2.20. The van der Waals surface area contributed by atoms with Gasteiger partial charge < -0.3 is 17.2 Å². The molecule has 0 heterocycles. The van der Waals surface area contributed by atoms with Crippen LogP contribution in [-0.2, 0) is 0 Å². The summed E-state index contributed by atoms with van der Waals surface area (Å²) >= 11 is 0. The molecule has 78 valence electrons. The summed E-state index contributed by atoms with van der Waals surface area (Å²) < 4.78 is 0. The minimum atomic E-state index is 0.313. The molecule has 0 atom stereocenters.